The number of hydrogen-bond donors (Lipinski definition) is 2. The average molecular weight is 356 g/mol. The van der Waals surface area contributed by atoms with Crippen molar-refractivity contribution in [1.29, 1.82) is 0 Å². The molecular formula is C17H16N4O3S. The van der Waals surface area contributed by atoms with E-state index in [0.717, 1.165) is 11.3 Å². The molecule has 3 rings (SSSR count). The molecule has 0 atom stereocenters. The second kappa shape index (κ2) is 7.27. The fourth-order valence-corrected chi connectivity index (χ4v) is 3.18. The summed E-state index contributed by atoms with van der Waals surface area (Å²) < 4.78 is 1.25. The first-order valence-corrected chi connectivity index (χ1v) is 8.48. The van der Waals surface area contributed by atoms with Crippen LogP contribution in [0, 0.1) is 0 Å². The summed E-state index contributed by atoms with van der Waals surface area (Å²) in [6.45, 7) is 1.83. The Bertz CT molecular complexity index is 1010. The quantitative estimate of drug-likeness (QED) is 0.539. The standard InChI is InChI=1S/C17H16N4O3S/c1-2-12-7-13-16(25-12)18-10-21(17(13)24)9-15(23)20-19-8-11-5-3-4-6-14(11)22/h3-8,10,22H,2,9H2,1H3,(H,20,23)/b19-8+. The van der Waals surface area contributed by atoms with Crippen molar-refractivity contribution in [2.75, 3.05) is 0 Å². The predicted octanol–water partition coefficient (Wildman–Crippen LogP) is 1.88. The molecule has 0 fully saturated rings. The van der Waals surface area contributed by atoms with Crippen LogP contribution in [0.3, 0.4) is 0 Å². The molecule has 0 aliphatic heterocycles. The number of rotatable bonds is 5. The van der Waals surface area contributed by atoms with E-state index in [9.17, 15) is 14.7 Å². The van der Waals surface area contributed by atoms with Crippen LogP contribution in [0.4, 0.5) is 0 Å². The van der Waals surface area contributed by atoms with Crippen LogP contribution in [0.1, 0.15) is 17.4 Å². The van der Waals surface area contributed by atoms with Gasteiger partial charge in [0, 0.05) is 10.4 Å². The third-order valence-corrected chi connectivity index (χ3v) is 4.75. The van der Waals surface area contributed by atoms with E-state index in [4.69, 9.17) is 0 Å². The molecule has 128 valence electrons. The number of benzene rings is 1. The lowest BCUT2D eigenvalue weighted by molar-refractivity contribution is -0.121. The van der Waals surface area contributed by atoms with Crippen molar-refractivity contribution in [1.82, 2.24) is 15.0 Å². The zero-order valence-corrected chi connectivity index (χ0v) is 14.3. The van der Waals surface area contributed by atoms with E-state index in [1.54, 1.807) is 18.2 Å². The topological polar surface area (TPSA) is 96.6 Å². The van der Waals surface area contributed by atoms with E-state index >= 15 is 0 Å². The number of aromatic nitrogens is 2. The highest BCUT2D eigenvalue weighted by atomic mass is 32.1. The summed E-state index contributed by atoms with van der Waals surface area (Å²) in [5.74, 6) is -0.392. The Kier molecular flexibility index (Phi) is 4.90. The van der Waals surface area contributed by atoms with Gasteiger partial charge in [0.05, 0.1) is 17.9 Å². The smallest absolute Gasteiger partial charge is 0.262 e. The number of phenolic OH excluding ortho intramolecular Hbond substituents is 1. The van der Waals surface area contributed by atoms with Gasteiger partial charge in [-0.1, -0.05) is 19.1 Å². The van der Waals surface area contributed by atoms with Crippen LogP contribution in [0.2, 0.25) is 0 Å². The van der Waals surface area contributed by atoms with Gasteiger partial charge in [0.2, 0.25) is 0 Å². The van der Waals surface area contributed by atoms with Crippen molar-refractivity contribution >= 4 is 33.7 Å². The Morgan fingerprint density at radius 1 is 1.44 bits per heavy atom. The normalized spacial score (nSPS) is 11.2. The number of carbonyl (C=O) groups excluding carboxylic acids is 1. The molecule has 0 aliphatic rings. The number of nitrogens with zero attached hydrogens (tertiary/aromatic N) is 3. The van der Waals surface area contributed by atoms with Crippen molar-refractivity contribution in [3.05, 3.63) is 57.5 Å². The average Bonchev–Trinajstić information content (AvgIpc) is 3.03. The van der Waals surface area contributed by atoms with Crippen molar-refractivity contribution < 1.29 is 9.90 Å². The first-order valence-electron chi connectivity index (χ1n) is 7.66. The van der Waals surface area contributed by atoms with E-state index < -0.39 is 5.91 Å². The first kappa shape index (κ1) is 16.8. The molecule has 7 nitrogen and oxygen atoms in total. The van der Waals surface area contributed by atoms with Gasteiger partial charge in [-0.25, -0.2) is 10.4 Å². The number of hydrogen-bond acceptors (Lipinski definition) is 6. The summed E-state index contributed by atoms with van der Waals surface area (Å²) in [6, 6.07) is 8.44. The summed E-state index contributed by atoms with van der Waals surface area (Å²) in [5, 5.41) is 13.9. The molecule has 0 bridgehead atoms. The van der Waals surface area contributed by atoms with E-state index in [-0.39, 0.29) is 17.9 Å². The third-order valence-electron chi connectivity index (χ3n) is 3.56. The van der Waals surface area contributed by atoms with E-state index in [2.05, 4.69) is 15.5 Å². The maximum absolute atomic E-state index is 12.4. The van der Waals surface area contributed by atoms with E-state index in [1.165, 1.54) is 34.5 Å². The molecule has 0 radical (unpaired) electrons. The third kappa shape index (κ3) is 3.74. The molecule has 0 aliphatic carbocycles. The minimum atomic E-state index is -0.458. The largest absolute Gasteiger partial charge is 0.507 e. The lowest BCUT2D eigenvalue weighted by atomic mass is 10.2. The van der Waals surface area contributed by atoms with Crippen LogP contribution in [-0.4, -0.2) is 26.8 Å². The lowest BCUT2D eigenvalue weighted by Gasteiger charge is -2.03. The number of hydrazone groups is 1. The van der Waals surface area contributed by atoms with Crippen LogP contribution >= 0.6 is 11.3 Å². The van der Waals surface area contributed by atoms with Gasteiger partial charge in [0.1, 0.15) is 17.1 Å². The molecule has 2 aromatic heterocycles. The Morgan fingerprint density at radius 3 is 3.00 bits per heavy atom. The number of nitrogens with one attached hydrogen (secondary N) is 1. The summed E-state index contributed by atoms with van der Waals surface area (Å²) >= 11 is 1.48. The first-order chi connectivity index (χ1) is 12.1. The molecule has 0 saturated heterocycles. The van der Waals surface area contributed by atoms with Gasteiger partial charge < -0.3 is 5.11 Å². The van der Waals surface area contributed by atoms with Crippen LogP contribution in [-0.2, 0) is 17.8 Å². The highest BCUT2D eigenvalue weighted by Crippen LogP contribution is 2.20. The fraction of sp³-hybridized carbons (Fsp3) is 0.176. The van der Waals surface area contributed by atoms with Gasteiger partial charge >= 0.3 is 0 Å². The monoisotopic (exact) mass is 356 g/mol. The molecule has 1 amide bonds. The van der Waals surface area contributed by atoms with Crippen LogP contribution < -0.4 is 11.0 Å². The highest BCUT2D eigenvalue weighted by Gasteiger charge is 2.10. The molecule has 2 heterocycles. The number of para-hydroxylation sites is 1. The zero-order chi connectivity index (χ0) is 17.8. The number of aromatic hydroxyl groups is 1. The van der Waals surface area contributed by atoms with Gasteiger partial charge in [0.25, 0.3) is 11.5 Å². The molecule has 0 spiro atoms. The second-order valence-corrected chi connectivity index (χ2v) is 6.43. The Labute approximate surface area is 147 Å². The van der Waals surface area contributed by atoms with Crippen molar-refractivity contribution in [3.8, 4) is 5.75 Å². The maximum atomic E-state index is 12.4. The van der Waals surface area contributed by atoms with E-state index in [0.29, 0.717) is 15.8 Å². The second-order valence-electron chi connectivity index (χ2n) is 5.31. The minimum absolute atomic E-state index is 0.0653. The molecule has 0 unspecified atom stereocenters. The van der Waals surface area contributed by atoms with Crippen LogP contribution in [0.25, 0.3) is 10.2 Å². The Balaban J connectivity index is 1.71. The number of fused-ring (bicyclic) bond motifs is 1. The van der Waals surface area contributed by atoms with Crippen LogP contribution in [0.15, 0.2) is 46.6 Å². The molecule has 3 aromatic rings. The van der Waals surface area contributed by atoms with Crippen molar-refractivity contribution in [2.24, 2.45) is 5.10 Å². The van der Waals surface area contributed by atoms with Crippen molar-refractivity contribution in [2.45, 2.75) is 19.9 Å². The lowest BCUT2D eigenvalue weighted by Crippen LogP contribution is -2.29. The van der Waals surface area contributed by atoms with Crippen molar-refractivity contribution in [3.63, 3.8) is 0 Å². The predicted molar refractivity (Wildman–Crippen MR) is 97.1 cm³/mol. The number of phenols is 1. The van der Waals surface area contributed by atoms with Gasteiger partial charge in [-0.15, -0.1) is 11.3 Å². The number of thiophene rings is 1. The molecule has 0 saturated carbocycles. The number of amides is 1. The van der Waals surface area contributed by atoms with E-state index in [1.807, 2.05) is 13.0 Å². The van der Waals surface area contributed by atoms with Gasteiger partial charge in [-0.05, 0) is 24.6 Å². The number of carbonyl (C=O) groups is 1. The molecule has 8 heteroatoms. The highest BCUT2D eigenvalue weighted by molar-refractivity contribution is 7.18. The minimum Gasteiger partial charge on any atom is -0.507 e. The van der Waals surface area contributed by atoms with Gasteiger partial charge in [0.15, 0.2) is 0 Å². The molecule has 2 N–H and O–H groups in total. The SMILES string of the molecule is CCc1cc2c(=O)n(CC(=O)N/N=C/c3ccccc3O)cnc2s1. The Hall–Kier alpha value is -3.00. The zero-order valence-electron chi connectivity index (χ0n) is 13.5. The van der Waals surface area contributed by atoms with Gasteiger partial charge in [-0.2, -0.15) is 5.10 Å². The summed E-state index contributed by atoms with van der Waals surface area (Å²) in [4.78, 5) is 30.4. The number of aryl methyl sites for hydroxylation is 1. The van der Waals surface area contributed by atoms with Crippen LogP contribution in [0.5, 0.6) is 5.75 Å². The fourth-order valence-electron chi connectivity index (χ4n) is 2.26. The molecular weight excluding hydrogens is 340 g/mol. The Morgan fingerprint density at radius 2 is 2.24 bits per heavy atom. The molecule has 25 heavy (non-hydrogen) atoms. The maximum Gasteiger partial charge on any atom is 0.262 e. The summed E-state index contributed by atoms with van der Waals surface area (Å²) in [5.41, 5.74) is 2.56. The summed E-state index contributed by atoms with van der Waals surface area (Å²) in [7, 11) is 0. The molecule has 1 aromatic carbocycles. The van der Waals surface area contributed by atoms with Gasteiger partial charge in [-0.3, -0.25) is 14.2 Å². The summed E-state index contributed by atoms with van der Waals surface area (Å²) in [6.07, 6.45) is 3.54.